The molecule has 8 heteroatoms. The van der Waals surface area contributed by atoms with Gasteiger partial charge in [0.05, 0.1) is 32.8 Å². The van der Waals surface area contributed by atoms with Gasteiger partial charge in [-0.25, -0.2) is 4.79 Å². The molecule has 1 aliphatic carbocycles. The normalized spacial score (nSPS) is 22.1. The molecule has 1 aliphatic heterocycles. The Morgan fingerprint density at radius 1 is 1.03 bits per heavy atom. The van der Waals surface area contributed by atoms with Gasteiger partial charge in [0.15, 0.2) is 5.78 Å². The SMILES string of the molecule is COC(=O)C1=C(C)NC2=C(C(=O)[C@@H](C(=O)OC)[C@H](c3ccc(OC)cc3)C2)[C@@H]1c1sccc1C. The molecule has 0 fully saturated rings. The van der Waals surface area contributed by atoms with E-state index in [9.17, 15) is 14.4 Å². The van der Waals surface area contributed by atoms with Gasteiger partial charge in [-0.2, -0.15) is 0 Å². The summed E-state index contributed by atoms with van der Waals surface area (Å²) in [6.07, 6.45) is 0.417. The van der Waals surface area contributed by atoms with Crippen molar-refractivity contribution >= 4 is 29.1 Å². The fraction of sp³-hybridized carbons (Fsp3) is 0.346. The number of esters is 2. The van der Waals surface area contributed by atoms with Crippen LogP contribution in [0.1, 0.15) is 41.2 Å². The second-order valence-corrected chi connectivity index (χ2v) is 9.34. The monoisotopic (exact) mass is 481 g/mol. The lowest BCUT2D eigenvalue weighted by Gasteiger charge is -2.39. The molecule has 2 aliphatic rings. The summed E-state index contributed by atoms with van der Waals surface area (Å²) in [6.45, 7) is 3.76. The highest BCUT2D eigenvalue weighted by atomic mass is 32.1. The molecule has 1 N–H and O–H groups in total. The number of benzene rings is 1. The molecule has 0 amide bonds. The smallest absolute Gasteiger partial charge is 0.336 e. The first-order chi connectivity index (χ1) is 16.3. The van der Waals surface area contributed by atoms with Gasteiger partial charge in [0.2, 0.25) is 0 Å². The number of allylic oxidation sites excluding steroid dienone is 3. The zero-order chi connectivity index (χ0) is 24.6. The van der Waals surface area contributed by atoms with Crippen molar-refractivity contribution in [3.05, 3.63) is 74.3 Å². The minimum absolute atomic E-state index is 0.340. The summed E-state index contributed by atoms with van der Waals surface area (Å²) < 4.78 is 15.4. The molecule has 2 aromatic rings. The third-order valence-electron chi connectivity index (χ3n) is 6.59. The third-order valence-corrected chi connectivity index (χ3v) is 7.67. The number of carbonyl (C=O) groups is 3. The van der Waals surface area contributed by atoms with E-state index in [0.29, 0.717) is 34.7 Å². The number of ketones is 1. The number of methoxy groups -OCH3 is 3. The van der Waals surface area contributed by atoms with Crippen LogP contribution < -0.4 is 10.1 Å². The van der Waals surface area contributed by atoms with E-state index in [-0.39, 0.29) is 5.78 Å². The maximum Gasteiger partial charge on any atom is 0.336 e. The molecule has 2 heterocycles. The van der Waals surface area contributed by atoms with E-state index in [2.05, 4.69) is 5.32 Å². The molecule has 3 atom stereocenters. The molecule has 178 valence electrons. The van der Waals surface area contributed by atoms with Crippen LogP contribution in [0.2, 0.25) is 0 Å². The highest BCUT2D eigenvalue weighted by molar-refractivity contribution is 7.10. The van der Waals surface area contributed by atoms with Crippen LogP contribution in [0.5, 0.6) is 5.75 Å². The summed E-state index contributed by atoms with van der Waals surface area (Å²) in [5.74, 6) is -2.81. The van der Waals surface area contributed by atoms with Gasteiger partial charge in [-0.3, -0.25) is 9.59 Å². The summed E-state index contributed by atoms with van der Waals surface area (Å²) in [5, 5.41) is 5.22. The zero-order valence-corrected chi connectivity index (χ0v) is 20.6. The molecule has 4 rings (SSSR count). The van der Waals surface area contributed by atoms with Crippen molar-refractivity contribution in [1.29, 1.82) is 0 Å². The number of hydrogen-bond donors (Lipinski definition) is 1. The average Bonchev–Trinajstić information content (AvgIpc) is 3.27. The standard InChI is InChI=1S/C26H27NO6S/c1-13-10-11-34-24(13)22-19(25(29)32-4)14(2)27-18-12-17(15-6-8-16(31-3)9-7-15)20(26(30)33-5)23(28)21(18)22/h6-11,17,20,22,27H,12H2,1-5H3/t17-,20-,22+/m0/s1. The number of thiophene rings is 1. The fourth-order valence-corrected chi connectivity index (χ4v) is 5.96. The Balaban J connectivity index is 1.89. The number of aryl methyl sites for hydroxylation is 1. The quantitative estimate of drug-likeness (QED) is 0.510. The van der Waals surface area contributed by atoms with Crippen molar-refractivity contribution in [2.45, 2.75) is 32.1 Å². The molecule has 7 nitrogen and oxygen atoms in total. The van der Waals surface area contributed by atoms with Gasteiger partial charge in [0, 0.05) is 27.8 Å². The summed E-state index contributed by atoms with van der Waals surface area (Å²) in [4.78, 5) is 40.7. The lowest BCUT2D eigenvalue weighted by molar-refractivity contribution is -0.150. The Morgan fingerprint density at radius 2 is 1.74 bits per heavy atom. The van der Waals surface area contributed by atoms with E-state index in [1.807, 2.05) is 49.6 Å². The Labute approximate surface area is 202 Å². The molecule has 0 unspecified atom stereocenters. The van der Waals surface area contributed by atoms with Gasteiger partial charge in [-0.05, 0) is 55.0 Å². The van der Waals surface area contributed by atoms with Gasteiger partial charge < -0.3 is 19.5 Å². The second-order valence-electron chi connectivity index (χ2n) is 8.40. The van der Waals surface area contributed by atoms with E-state index >= 15 is 0 Å². The van der Waals surface area contributed by atoms with Crippen molar-refractivity contribution in [3.63, 3.8) is 0 Å². The predicted octanol–water partition coefficient (Wildman–Crippen LogP) is 4.00. The molecular formula is C26H27NO6S. The fourth-order valence-electron chi connectivity index (χ4n) is 4.92. The summed E-state index contributed by atoms with van der Waals surface area (Å²) in [6, 6.07) is 9.31. The van der Waals surface area contributed by atoms with Crippen molar-refractivity contribution in [3.8, 4) is 5.75 Å². The van der Waals surface area contributed by atoms with Crippen molar-refractivity contribution in [2.75, 3.05) is 21.3 Å². The molecule has 0 bridgehead atoms. The topological polar surface area (TPSA) is 90.9 Å². The zero-order valence-electron chi connectivity index (χ0n) is 19.8. The molecular weight excluding hydrogens is 454 g/mol. The van der Waals surface area contributed by atoms with Crippen molar-refractivity contribution in [2.24, 2.45) is 5.92 Å². The first-order valence-corrected chi connectivity index (χ1v) is 11.8. The molecule has 1 aromatic heterocycles. The van der Waals surface area contributed by atoms with E-state index in [1.54, 1.807) is 7.11 Å². The van der Waals surface area contributed by atoms with Crippen LogP contribution in [-0.2, 0) is 23.9 Å². The van der Waals surface area contributed by atoms with Crippen LogP contribution in [0.25, 0.3) is 0 Å². The van der Waals surface area contributed by atoms with Crippen LogP contribution in [0.4, 0.5) is 0 Å². The summed E-state index contributed by atoms with van der Waals surface area (Å²) >= 11 is 1.48. The molecule has 0 saturated heterocycles. The highest BCUT2D eigenvalue weighted by Crippen LogP contribution is 2.49. The first-order valence-electron chi connectivity index (χ1n) is 10.9. The number of rotatable bonds is 5. The number of dihydropyridines is 1. The van der Waals surface area contributed by atoms with Gasteiger partial charge >= 0.3 is 11.9 Å². The van der Waals surface area contributed by atoms with Crippen LogP contribution in [0, 0.1) is 12.8 Å². The highest BCUT2D eigenvalue weighted by Gasteiger charge is 2.49. The van der Waals surface area contributed by atoms with E-state index in [4.69, 9.17) is 14.2 Å². The minimum atomic E-state index is -1.03. The number of hydrogen-bond acceptors (Lipinski definition) is 8. The van der Waals surface area contributed by atoms with Crippen LogP contribution in [0.3, 0.4) is 0 Å². The number of carbonyl (C=O) groups excluding carboxylic acids is 3. The lowest BCUT2D eigenvalue weighted by atomic mass is 9.68. The van der Waals surface area contributed by atoms with Gasteiger partial charge in [-0.1, -0.05) is 12.1 Å². The third kappa shape index (κ3) is 3.92. The Hall–Kier alpha value is -3.39. The summed E-state index contributed by atoms with van der Waals surface area (Å²) in [5.41, 5.74) is 3.97. The first kappa shape index (κ1) is 23.8. The van der Waals surface area contributed by atoms with Gasteiger partial charge in [0.1, 0.15) is 11.7 Å². The molecule has 0 radical (unpaired) electrons. The molecule has 34 heavy (non-hydrogen) atoms. The molecule has 0 spiro atoms. The maximum absolute atomic E-state index is 14.1. The molecule has 0 saturated carbocycles. The van der Waals surface area contributed by atoms with Crippen LogP contribution in [-0.4, -0.2) is 39.1 Å². The van der Waals surface area contributed by atoms with Crippen molar-refractivity contribution < 1.29 is 28.6 Å². The Kier molecular flexibility index (Phi) is 6.61. The predicted molar refractivity (Wildman–Crippen MR) is 128 cm³/mol. The molecule has 1 aromatic carbocycles. The van der Waals surface area contributed by atoms with E-state index in [0.717, 1.165) is 16.0 Å². The number of ether oxygens (including phenoxy) is 3. The number of nitrogens with one attached hydrogen (secondary N) is 1. The second kappa shape index (κ2) is 9.46. The Bertz CT molecular complexity index is 1210. The largest absolute Gasteiger partial charge is 0.497 e. The van der Waals surface area contributed by atoms with Crippen molar-refractivity contribution in [1.82, 2.24) is 5.32 Å². The average molecular weight is 482 g/mol. The van der Waals surface area contributed by atoms with E-state index in [1.165, 1.54) is 25.6 Å². The Morgan fingerprint density at radius 3 is 2.29 bits per heavy atom. The van der Waals surface area contributed by atoms with Gasteiger partial charge in [-0.15, -0.1) is 11.3 Å². The maximum atomic E-state index is 14.1. The van der Waals surface area contributed by atoms with Crippen LogP contribution >= 0.6 is 11.3 Å². The summed E-state index contributed by atoms with van der Waals surface area (Å²) in [7, 11) is 4.19. The van der Waals surface area contributed by atoms with Crippen LogP contribution in [0.15, 0.2) is 58.3 Å². The minimum Gasteiger partial charge on any atom is -0.497 e. The van der Waals surface area contributed by atoms with Gasteiger partial charge in [0.25, 0.3) is 0 Å². The number of Topliss-reactive ketones (excluding diaryl/α,β-unsaturated/α-hetero) is 1. The lowest BCUT2D eigenvalue weighted by Crippen LogP contribution is -2.43. The van der Waals surface area contributed by atoms with E-state index < -0.39 is 29.7 Å².